The first-order valence-corrected chi connectivity index (χ1v) is 8.40. The van der Waals surface area contributed by atoms with Gasteiger partial charge >= 0.3 is 6.18 Å². The van der Waals surface area contributed by atoms with E-state index in [0.717, 1.165) is 5.56 Å². The van der Waals surface area contributed by atoms with Gasteiger partial charge in [-0.1, -0.05) is 29.8 Å². The van der Waals surface area contributed by atoms with Crippen LogP contribution in [0.2, 0.25) is 5.02 Å². The Bertz CT molecular complexity index is 767. The van der Waals surface area contributed by atoms with E-state index in [0.29, 0.717) is 11.6 Å². The summed E-state index contributed by atoms with van der Waals surface area (Å²) in [5, 5.41) is 3.38. The number of rotatable bonds is 7. The van der Waals surface area contributed by atoms with Crippen molar-refractivity contribution >= 4 is 17.5 Å². The summed E-state index contributed by atoms with van der Waals surface area (Å²) in [7, 11) is 3.74. The molecule has 1 aromatic heterocycles. The molecule has 146 valence electrons. The van der Waals surface area contributed by atoms with Gasteiger partial charge in [0.15, 0.2) is 6.61 Å². The molecule has 27 heavy (non-hydrogen) atoms. The predicted octanol–water partition coefficient (Wildman–Crippen LogP) is 3.71. The largest absolute Gasteiger partial charge is 0.468 e. The highest BCUT2D eigenvalue weighted by Gasteiger charge is 2.28. The SMILES string of the molecule is CN(C)[C@@H](CNC(=O)c1ccc(OCC(F)(F)F)nc1)c1ccccc1Cl. The molecule has 5 nitrogen and oxygen atoms in total. The molecule has 0 saturated heterocycles. The molecule has 0 aliphatic carbocycles. The highest BCUT2D eigenvalue weighted by Crippen LogP contribution is 2.25. The Morgan fingerprint density at radius 1 is 1.26 bits per heavy atom. The Morgan fingerprint density at radius 2 is 1.96 bits per heavy atom. The van der Waals surface area contributed by atoms with Crippen molar-refractivity contribution in [2.45, 2.75) is 12.2 Å². The van der Waals surface area contributed by atoms with Crippen LogP contribution >= 0.6 is 11.6 Å². The molecule has 1 amide bonds. The van der Waals surface area contributed by atoms with Crippen molar-refractivity contribution in [3.05, 3.63) is 58.7 Å². The minimum Gasteiger partial charge on any atom is -0.468 e. The lowest BCUT2D eigenvalue weighted by Gasteiger charge is -2.26. The van der Waals surface area contributed by atoms with Gasteiger partial charge < -0.3 is 15.0 Å². The van der Waals surface area contributed by atoms with E-state index in [1.54, 1.807) is 6.07 Å². The number of aromatic nitrogens is 1. The first kappa shape index (κ1) is 21.0. The van der Waals surface area contributed by atoms with Gasteiger partial charge in [0, 0.05) is 23.8 Å². The van der Waals surface area contributed by atoms with Crippen LogP contribution in [-0.4, -0.2) is 49.2 Å². The summed E-state index contributed by atoms with van der Waals surface area (Å²) in [6, 6.07) is 9.78. The van der Waals surface area contributed by atoms with Crippen LogP contribution in [0.4, 0.5) is 13.2 Å². The molecule has 0 unspecified atom stereocenters. The Morgan fingerprint density at radius 3 is 2.52 bits per heavy atom. The quantitative estimate of drug-likeness (QED) is 0.768. The zero-order valence-corrected chi connectivity index (χ0v) is 15.5. The maximum Gasteiger partial charge on any atom is 0.422 e. The summed E-state index contributed by atoms with van der Waals surface area (Å²) in [5.41, 5.74) is 1.09. The average molecular weight is 402 g/mol. The van der Waals surface area contributed by atoms with Gasteiger partial charge in [0.05, 0.1) is 11.6 Å². The molecule has 2 aromatic rings. The molecular formula is C18H19ClF3N3O2. The number of pyridine rings is 1. The van der Waals surface area contributed by atoms with Crippen molar-refractivity contribution in [1.29, 1.82) is 0 Å². The zero-order valence-electron chi connectivity index (χ0n) is 14.8. The average Bonchev–Trinajstić information content (AvgIpc) is 2.61. The van der Waals surface area contributed by atoms with Crippen molar-refractivity contribution in [2.24, 2.45) is 0 Å². The summed E-state index contributed by atoms with van der Waals surface area (Å²) in [6.07, 6.45) is -3.28. The van der Waals surface area contributed by atoms with Crippen LogP contribution in [0.25, 0.3) is 0 Å². The second-order valence-electron chi connectivity index (χ2n) is 6.00. The fraction of sp³-hybridized carbons (Fsp3) is 0.333. The lowest BCUT2D eigenvalue weighted by molar-refractivity contribution is -0.154. The first-order chi connectivity index (χ1) is 12.7. The number of hydrogen-bond donors (Lipinski definition) is 1. The van der Waals surface area contributed by atoms with Crippen molar-refractivity contribution in [3.8, 4) is 5.88 Å². The highest BCUT2D eigenvalue weighted by molar-refractivity contribution is 6.31. The van der Waals surface area contributed by atoms with Crippen LogP contribution in [0.3, 0.4) is 0 Å². The summed E-state index contributed by atoms with van der Waals surface area (Å²) in [5.74, 6) is -0.602. The van der Waals surface area contributed by atoms with Gasteiger partial charge in [-0.05, 0) is 31.8 Å². The van der Waals surface area contributed by atoms with Gasteiger partial charge in [0.2, 0.25) is 5.88 Å². The molecule has 0 bridgehead atoms. The molecule has 1 aromatic carbocycles. The maximum absolute atomic E-state index is 12.3. The second-order valence-corrected chi connectivity index (χ2v) is 6.41. The third-order valence-electron chi connectivity index (χ3n) is 3.73. The Hall–Kier alpha value is -2.32. The van der Waals surface area contributed by atoms with Gasteiger partial charge in [-0.25, -0.2) is 4.98 Å². The van der Waals surface area contributed by atoms with Crippen molar-refractivity contribution in [3.63, 3.8) is 0 Å². The monoisotopic (exact) mass is 401 g/mol. The third-order valence-corrected chi connectivity index (χ3v) is 4.07. The van der Waals surface area contributed by atoms with Crippen molar-refractivity contribution < 1.29 is 22.7 Å². The van der Waals surface area contributed by atoms with Crippen LogP contribution in [0.15, 0.2) is 42.6 Å². The molecule has 0 fully saturated rings. The Kier molecular flexibility index (Phi) is 7.04. The molecule has 0 aliphatic heterocycles. The number of hydrogen-bond acceptors (Lipinski definition) is 4. The van der Waals surface area contributed by atoms with Gasteiger partial charge in [0.1, 0.15) is 0 Å². The number of amides is 1. The van der Waals surface area contributed by atoms with Crippen LogP contribution in [0.1, 0.15) is 22.0 Å². The molecule has 9 heteroatoms. The summed E-state index contributed by atoms with van der Waals surface area (Å²) < 4.78 is 40.9. The standard InChI is InChI=1S/C18H19ClF3N3O2/c1-25(2)15(13-5-3-4-6-14(13)19)10-24-17(26)12-7-8-16(23-9-12)27-11-18(20,21)22/h3-9,15H,10-11H2,1-2H3,(H,24,26)/t15-/m0/s1. The van der Waals surface area contributed by atoms with E-state index in [-0.39, 0.29) is 17.5 Å². The van der Waals surface area contributed by atoms with Gasteiger partial charge in [-0.15, -0.1) is 0 Å². The number of likely N-dealkylation sites (N-methyl/N-ethyl adjacent to an activating group) is 1. The third kappa shape index (κ3) is 6.41. The number of nitrogens with one attached hydrogen (secondary N) is 1. The van der Waals surface area contributed by atoms with E-state index in [4.69, 9.17) is 11.6 Å². The maximum atomic E-state index is 12.3. The predicted molar refractivity (Wildman–Crippen MR) is 96.0 cm³/mol. The van der Waals surface area contributed by atoms with Crippen LogP contribution < -0.4 is 10.1 Å². The molecule has 1 N–H and O–H groups in total. The number of carbonyl (C=O) groups is 1. The fourth-order valence-electron chi connectivity index (χ4n) is 2.36. The number of ether oxygens (including phenoxy) is 1. The number of halogens is 4. The normalized spacial score (nSPS) is 12.7. The molecular weight excluding hydrogens is 383 g/mol. The van der Waals surface area contributed by atoms with E-state index >= 15 is 0 Å². The molecule has 0 aliphatic rings. The summed E-state index contributed by atoms with van der Waals surface area (Å²) >= 11 is 6.23. The number of benzene rings is 1. The highest BCUT2D eigenvalue weighted by atomic mass is 35.5. The molecule has 1 heterocycles. The molecule has 0 spiro atoms. The van der Waals surface area contributed by atoms with Gasteiger partial charge in [-0.3, -0.25) is 4.79 Å². The van der Waals surface area contributed by atoms with Crippen molar-refractivity contribution in [1.82, 2.24) is 15.2 Å². The fourth-order valence-corrected chi connectivity index (χ4v) is 2.62. The van der Waals surface area contributed by atoms with E-state index in [2.05, 4.69) is 15.0 Å². The first-order valence-electron chi connectivity index (χ1n) is 8.02. The summed E-state index contributed by atoms with van der Waals surface area (Å²) in [6.45, 7) is -1.14. The van der Waals surface area contributed by atoms with E-state index < -0.39 is 18.7 Å². The van der Waals surface area contributed by atoms with E-state index in [1.165, 1.54) is 18.3 Å². The van der Waals surface area contributed by atoms with Gasteiger partial charge in [0.25, 0.3) is 5.91 Å². The lowest BCUT2D eigenvalue weighted by atomic mass is 10.1. The number of carbonyl (C=O) groups excluding carboxylic acids is 1. The summed E-state index contributed by atoms with van der Waals surface area (Å²) in [4.78, 5) is 17.9. The van der Waals surface area contributed by atoms with E-state index in [9.17, 15) is 18.0 Å². The van der Waals surface area contributed by atoms with Crippen LogP contribution in [0, 0.1) is 0 Å². The molecule has 0 saturated carbocycles. The zero-order chi connectivity index (χ0) is 20.0. The van der Waals surface area contributed by atoms with Crippen LogP contribution in [-0.2, 0) is 0 Å². The Labute approximate surface area is 160 Å². The molecule has 0 radical (unpaired) electrons. The number of alkyl halides is 3. The minimum atomic E-state index is -4.45. The number of nitrogens with zero attached hydrogens (tertiary/aromatic N) is 2. The Balaban J connectivity index is 1.98. The van der Waals surface area contributed by atoms with E-state index in [1.807, 2.05) is 37.2 Å². The lowest BCUT2D eigenvalue weighted by Crippen LogP contribution is -2.34. The van der Waals surface area contributed by atoms with Gasteiger partial charge in [-0.2, -0.15) is 13.2 Å². The van der Waals surface area contributed by atoms with Crippen molar-refractivity contribution in [2.75, 3.05) is 27.2 Å². The second kappa shape index (κ2) is 9.05. The smallest absolute Gasteiger partial charge is 0.422 e. The topological polar surface area (TPSA) is 54.5 Å². The molecule has 2 rings (SSSR count). The molecule has 1 atom stereocenters. The minimum absolute atomic E-state index is 0.148. The van der Waals surface area contributed by atoms with Crippen LogP contribution in [0.5, 0.6) is 5.88 Å².